The molecule has 1 aromatic carbocycles. The number of nitrogens with one attached hydrogen (secondary N) is 1. The van der Waals surface area contributed by atoms with Gasteiger partial charge in [-0.15, -0.1) is 11.3 Å². The highest BCUT2D eigenvalue weighted by Gasteiger charge is 2.20. The van der Waals surface area contributed by atoms with Crippen LogP contribution in [-0.2, 0) is 17.8 Å². The van der Waals surface area contributed by atoms with Crippen LogP contribution in [0.2, 0.25) is 0 Å². The molecule has 8 nitrogen and oxygen atoms in total. The van der Waals surface area contributed by atoms with Gasteiger partial charge in [0.1, 0.15) is 5.69 Å². The minimum atomic E-state index is -0.224. The smallest absolute Gasteiger partial charge is 0.268 e. The Kier molecular flexibility index (Phi) is 6.71. The summed E-state index contributed by atoms with van der Waals surface area (Å²) in [7, 11) is 0. The van der Waals surface area contributed by atoms with Crippen LogP contribution in [-0.4, -0.2) is 30.1 Å². The van der Waals surface area contributed by atoms with E-state index in [1.807, 2.05) is 54.2 Å². The van der Waals surface area contributed by atoms with E-state index in [2.05, 4.69) is 41.3 Å². The molecule has 5 aromatic rings. The Balaban J connectivity index is 1.46. The first kappa shape index (κ1) is 24.6. The lowest BCUT2D eigenvalue weighted by atomic mass is 10.0. The molecule has 0 unspecified atom stereocenters. The first-order valence-corrected chi connectivity index (χ1v) is 13.0. The summed E-state index contributed by atoms with van der Waals surface area (Å²) in [4.78, 5) is 35.7. The van der Waals surface area contributed by atoms with Gasteiger partial charge in [0.05, 0.1) is 23.4 Å². The van der Waals surface area contributed by atoms with Crippen molar-refractivity contribution in [2.75, 3.05) is 0 Å². The second-order valence-corrected chi connectivity index (χ2v) is 10.2. The molecule has 5 rings (SSSR count). The number of carbonyl (C=O) groups is 1. The van der Waals surface area contributed by atoms with Crippen molar-refractivity contribution < 1.29 is 4.79 Å². The van der Waals surface area contributed by atoms with Crippen LogP contribution < -0.4 is 10.9 Å². The van der Waals surface area contributed by atoms with Crippen LogP contribution in [0.1, 0.15) is 48.0 Å². The van der Waals surface area contributed by atoms with Gasteiger partial charge < -0.3 is 5.32 Å². The van der Waals surface area contributed by atoms with E-state index >= 15 is 0 Å². The highest BCUT2D eigenvalue weighted by Crippen LogP contribution is 2.24. The van der Waals surface area contributed by atoms with Crippen molar-refractivity contribution >= 4 is 22.2 Å². The average molecular weight is 513 g/mol. The van der Waals surface area contributed by atoms with Crippen molar-refractivity contribution in [3.8, 4) is 16.9 Å². The molecule has 0 aliphatic heterocycles. The first-order chi connectivity index (χ1) is 17.8. The minimum absolute atomic E-state index is 0.0695. The van der Waals surface area contributed by atoms with Crippen LogP contribution in [0.25, 0.3) is 21.9 Å². The summed E-state index contributed by atoms with van der Waals surface area (Å²) < 4.78 is 3.37. The second kappa shape index (κ2) is 10.1. The summed E-state index contributed by atoms with van der Waals surface area (Å²) in [6, 6.07) is 13.9. The lowest BCUT2D eigenvalue weighted by molar-refractivity contribution is -0.120. The third-order valence-electron chi connectivity index (χ3n) is 6.32. The Morgan fingerprint density at radius 2 is 1.92 bits per heavy atom. The summed E-state index contributed by atoms with van der Waals surface area (Å²) in [5.41, 5.74) is 6.00. The van der Waals surface area contributed by atoms with E-state index in [9.17, 15) is 9.59 Å². The highest BCUT2D eigenvalue weighted by atomic mass is 32.1. The number of pyridine rings is 1. The summed E-state index contributed by atoms with van der Waals surface area (Å²) in [5.74, 6) is 0.267. The molecule has 1 N–H and O–H groups in total. The number of hydrogen-bond acceptors (Lipinski definition) is 6. The van der Waals surface area contributed by atoms with Gasteiger partial charge in [-0.3, -0.25) is 19.0 Å². The Bertz CT molecular complexity index is 1630. The van der Waals surface area contributed by atoms with Gasteiger partial charge in [-0.05, 0) is 55.2 Å². The van der Waals surface area contributed by atoms with E-state index in [0.717, 1.165) is 16.9 Å². The van der Waals surface area contributed by atoms with Gasteiger partial charge in [-0.2, -0.15) is 5.10 Å². The van der Waals surface area contributed by atoms with Crippen molar-refractivity contribution in [3.05, 3.63) is 98.8 Å². The second-order valence-electron chi connectivity index (χ2n) is 9.37. The fourth-order valence-corrected chi connectivity index (χ4v) is 5.24. The first-order valence-electron chi connectivity index (χ1n) is 12.1. The molecule has 1 amide bonds. The molecule has 0 fully saturated rings. The number of fused-ring (bicyclic) bond motifs is 1. The molecular formula is C28H28N6O2S. The molecular weight excluding hydrogens is 484 g/mol. The maximum absolute atomic E-state index is 13.7. The van der Waals surface area contributed by atoms with E-state index < -0.39 is 0 Å². The van der Waals surface area contributed by atoms with Crippen LogP contribution in [0.15, 0.2) is 65.0 Å². The van der Waals surface area contributed by atoms with Crippen molar-refractivity contribution in [1.29, 1.82) is 0 Å². The summed E-state index contributed by atoms with van der Waals surface area (Å²) in [6.07, 6.45) is 3.47. The average Bonchev–Trinajstić information content (AvgIpc) is 3.46. The van der Waals surface area contributed by atoms with Crippen LogP contribution in [0.3, 0.4) is 0 Å². The van der Waals surface area contributed by atoms with Gasteiger partial charge in [-0.25, -0.2) is 9.67 Å². The van der Waals surface area contributed by atoms with Crippen LogP contribution in [0.4, 0.5) is 0 Å². The normalized spacial score (nSPS) is 11.4. The predicted octanol–water partition coefficient (Wildman–Crippen LogP) is 4.60. The molecule has 0 spiro atoms. The Hall–Kier alpha value is -4.11. The standard InChI is InChI=1S/C28H28N6O2S/c1-17(2)21-7-9-22(10-8-21)34-18(3)12-24(32-34)26-19(4)31-28-33(27(26)36)23(16-37-28)13-25(35)30-15-20-6-5-11-29-14-20/h5-12,14,16-17H,13,15H2,1-4H3,(H,30,35). The third kappa shape index (κ3) is 4.95. The van der Waals surface area contributed by atoms with Gasteiger partial charge in [0.15, 0.2) is 4.96 Å². The van der Waals surface area contributed by atoms with Gasteiger partial charge in [0.25, 0.3) is 5.56 Å². The number of amides is 1. The van der Waals surface area contributed by atoms with Crippen molar-refractivity contribution in [2.45, 2.75) is 46.6 Å². The predicted molar refractivity (Wildman–Crippen MR) is 145 cm³/mol. The van der Waals surface area contributed by atoms with Crippen molar-refractivity contribution in [1.82, 2.24) is 29.5 Å². The lowest BCUT2D eigenvalue weighted by Crippen LogP contribution is -2.27. The molecule has 0 radical (unpaired) electrons. The molecule has 0 aliphatic rings. The third-order valence-corrected chi connectivity index (χ3v) is 7.20. The van der Waals surface area contributed by atoms with E-state index in [0.29, 0.717) is 40.1 Å². The molecule has 4 heterocycles. The Morgan fingerprint density at radius 3 is 2.62 bits per heavy atom. The molecule has 0 aliphatic carbocycles. The molecule has 188 valence electrons. The maximum atomic E-state index is 13.7. The number of hydrogen-bond donors (Lipinski definition) is 1. The summed E-state index contributed by atoms with van der Waals surface area (Å²) in [5, 5.41) is 9.48. The number of aryl methyl sites for hydroxylation is 2. The van der Waals surface area contributed by atoms with Gasteiger partial charge in [-0.1, -0.05) is 32.0 Å². The molecule has 0 saturated heterocycles. The zero-order valence-corrected chi connectivity index (χ0v) is 22.0. The molecule has 0 bridgehead atoms. The fraction of sp³-hybridized carbons (Fsp3) is 0.250. The molecule has 9 heteroatoms. The molecule has 37 heavy (non-hydrogen) atoms. The van der Waals surface area contributed by atoms with Gasteiger partial charge >= 0.3 is 0 Å². The number of benzene rings is 1. The Morgan fingerprint density at radius 1 is 1.14 bits per heavy atom. The van der Waals surface area contributed by atoms with Gasteiger partial charge in [0.2, 0.25) is 5.91 Å². The number of nitrogens with zero attached hydrogens (tertiary/aromatic N) is 5. The topological polar surface area (TPSA) is 94.2 Å². The lowest BCUT2D eigenvalue weighted by Gasteiger charge is -2.08. The zero-order valence-electron chi connectivity index (χ0n) is 21.2. The monoisotopic (exact) mass is 512 g/mol. The summed E-state index contributed by atoms with van der Waals surface area (Å²) in [6.45, 7) is 8.49. The van der Waals surface area contributed by atoms with E-state index in [1.54, 1.807) is 12.4 Å². The number of rotatable bonds is 7. The molecule has 0 atom stereocenters. The number of carbonyl (C=O) groups excluding carboxylic acids is 1. The van der Waals surface area contributed by atoms with Gasteiger partial charge in [0, 0.05) is 35.7 Å². The number of aromatic nitrogens is 5. The fourth-order valence-electron chi connectivity index (χ4n) is 4.31. The van der Waals surface area contributed by atoms with E-state index in [1.165, 1.54) is 21.3 Å². The van der Waals surface area contributed by atoms with E-state index in [-0.39, 0.29) is 17.9 Å². The zero-order chi connectivity index (χ0) is 26.1. The van der Waals surface area contributed by atoms with Crippen molar-refractivity contribution in [3.63, 3.8) is 0 Å². The van der Waals surface area contributed by atoms with E-state index in [4.69, 9.17) is 5.10 Å². The van der Waals surface area contributed by atoms with Crippen LogP contribution in [0, 0.1) is 13.8 Å². The quantitative estimate of drug-likeness (QED) is 0.344. The summed E-state index contributed by atoms with van der Waals surface area (Å²) >= 11 is 1.35. The minimum Gasteiger partial charge on any atom is -0.352 e. The number of thiazole rings is 1. The largest absolute Gasteiger partial charge is 0.352 e. The highest BCUT2D eigenvalue weighted by molar-refractivity contribution is 7.15. The van der Waals surface area contributed by atoms with Crippen molar-refractivity contribution in [2.24, 2.45) is 0 Å². The molecule has 4 aromatic heterocycles. The Labute approximate surface area is 218 Å². The van der Waals surface area contributed by atoms with Crippen LogP contribution >= 0.6 is 11.3 Å². The van der Waals surface area contributed by atoms with Crippen LogP contribution in [0.5, 0.6) is 0 Å². The molecule has 0 saturated carbocycles. The SMILES string of the molecule is Cc1nc2scc(CC(=O)NCc3cccnc3)n2c(=O)c1-c1cc(C)n(-c2ccc(C(C)C)cc2)n1. The maximum Gasteiger partial charge on any atom is 0.268 e.